The van der Waals surface area contributed by atoms with Crippen LogP contribution in [0.15, 0.2) is 121 Å². The van der Waals surface area contributed by atoms with Crippen LogP contribution in [0, 0.1) is 11.6 Å². The fraction of sp³-hybridized carbons (Fsp3) is 0.194. The molecule has 0 spiro atoms. The molecule has 1 fully saturated rings. The lowest BCUT2D eigenvalue weighted by Gasteiger charge is -2.39. The van der Waals surface area contributed by atoms with Crippen LogP contribution in [0.2, 0.25) is 5.02 Å². The van der Waals surface area contributed by atoms with E-state index in [0.29, 0.717) is 11.6 Å². The Balaban J connectivity index is 1.14. The Kier molecular flexibility index (Phi) is 10.5. The van der Waals surface area contributed by atoms with Crippen molar-refractivity contribution in [2.24, 2.45) is 0 Å². The van der Waals surface area contributed by atoms with Crippen LogP contribution in [0.25, 0.3) is 5.57 Å². The lowest BCUT2D eigenvalue weighted by Crippen LogP contribution is -2.49. The highest BCUT2D eigenvalue weighted by Crippen LogP contribution is 2.30. The lowest BCUT2D eigenvalue weighted by atomic mass is 9.96. The maximum absolute atomic E-state index is 13.6. The number of amides is 1. The molecule has 220 valence electrons. The Hall–Kier alpha value is -4.10. The molecule has 4 aromatic rings. The van der Waals surface area contributed by atoms with E-state index < -0.39 is 0 Å². The summed E-state index contributed by atoms with van der Waals surface area (Å²) in [5, 5.41) is 3.66. The van der Waals surface area contributed by atoms with Crippen LogP contribution in [0.5, 0.6) is 0 Å². The molecule has 4 nitrogen and oxygen atoms in total. The number of carbonyl (C=O) groups is 1. The first-order chi connectivity index (χ1) is 21.0. The van der Waals surface area contributed by atoms with Gasteiger partial charge < -0.3 is 5.32 Å². The molecule has 1 heterocycles. The predicted molar refractivity (Wildman–Crippen MR) is 170 cm³/mol. The normalized spacial score (nSPS) is 14.8. The monoisotopic (exact) mass is 597 g/mol. The summed E-state index contributed by atoms with van der Waals surface area (Å²) in [4.78, 5) is 17.2. The molecule has 5 rings (SSSR count). The Bertz CT molecular complexity index is 1490. The number of rotatable bonds is 10. The molecule has 0 aliphatic carbocycles. The number of hydrogen-bond acceptors (Lipinski definition) is 3. The van der Waals surface area contributed by atoms with E-state index in [1.54, 1.807) is 36.4 Å². The van der Waals surface area contributed by atoms with Crippen LogP contribution in [-0.2, 0) is 4.79 Å². The fourth-order valence-electron chi connectivity index (χ4n) is 5.38. The van der Waals surface area contributed by atoms with E-state index in [-0.39, 0.29) is 23.6 Å². The average molecular weight is 598 g/mol. The van der Waals surface area contributed by atoms with Gasteiger partial charge in [-0.05, 0) is 64.2 Å². The minimum Gasteiger partial charge on any atom is -0.351 e. The summed E-state index contributed by atoms with van der Waals surface area (Å²) < 4.78 is 27.2. The zero-order chi connectivity index (χ0) is 30.0. The van der Waals surface area contributed by atoms with Crippen molar-refractivity contribution in [3.05, 3.63) is 160 Å². The third-order valence-corrected chi connectivity index (χ3v) is 7.87. The Morgan fingerprint density at radius 2 is 1.33 bits per heavy atom. The first kappa shape index (κ1) is 30.4. The molecular formula is C36H34ClF2N3O. The quantitative estimate of drug-likeness (QED) is 0.156. The van der Waals surface area contributed by atoms with E-state index in [1.165, 1.54) is 24.3 Å². The first-order valence-corrected chi connectivity index (χ1v) is 14.8. The van der Waals surface area contributed by atoms with E-state index >= 15 is 0 Å². The second kappa shape index (κ2) is 14.9. The second-order valence-electron chi connectivity index (χ2n) is 10.5. The van der Waals surface area contributed by atoms with Crippen LogP contribution < -0.4 is 5.32 Å². The molecule has 0 unspecified atom stereocenters. The third kappa shape index (κ3) is 8.48. The van der Waals surface area contributed by atoms with Gasteiger partial charge in [-0.1, -0.05) is 90.5 Å². The highest BCUT2D eigenvalue weighted by Gasteiger charge is 2.26. The van der Waals surface area contributed by atoms with Gasteiger partial charge in [-0.3, -0.25) is 14.6 Å². The Morgan fingerprint density at radius 1 is 0.767 bits per heavy atom. The minimum atomic E-state index is -0.280. The van der Waals surface area contributed by atoms with Crippen LogP contribution in [0.1, 0.15) is 28.3 Å². The topological polar surface area (TPSA) is 35.6 Å². The zero-order valence-electron chi connectivity index (χ0n) is 23.8. The van der Waals surface area contributed by atoms with Gasteiger partial charge in [0.25, 0.3) is 0 Å². The van der Waals surface area contributed by atoms with E-state index in [0.717, 1.165) is 60.6 Å². The van der Waals surface area contributed by atoms with Crippen molar-refractivity contribution < 1.29 is 13.6 Å². The molecule has 0 atom stereocenters. The molecular weight excluding hydrogens is 564 g/mol. The number of piperazine rings is 1. The highest BCUT2D eigenvalue weighted by atomic mass is 35.5. The molecule has 1 N–H and O–H groups in total. The first-order valence-electron chi connectivity index (χ1n) is 14.4. The number of allylic oxidation sites excluding steroid dienone is 2. The van der Waals surface area contributed by atoms with Crippen molar-refractivity contribution in [2.75, 3.05) is 39.3 Å². The summed E-state index contributed by atoms with van der Waals surface area (Å²) in [6, 6.07) is 30.6. The largest absolute Gasteiger partial charge is 0.351 e. The summed E-state index contributed by atoms with van der Waals surface area (Å²) in [5.74, 6) is -0.707. The van der Waals surface area contributed by atoms with E-state index in [9.17, 15) is 13.6 Å². The summed E-state index contributed by atoms with van der Waals surface area (Å²) in [5.41, 5.74) is 5.01. The summed E-state index contributed by atoms with van der Waals surface area (Å²) in [7, 11) is 0. The van der Waals surface area contributed by atoms with Gasteiger partial charge >= 0.3 is 0 Å². The number of halogens is 3. The van der Waals surface area contributed by atoms with Crippen LogP contribution in [-0.4, -0.2) is 55.0 Å². The van der Waals surface area contributed by atoms with Gasteiger partial charge in [0.15, 0.2) is 0 Å². The molecule has 0 bridgehead atoms. The van der Waals surface area contributed by atoms with Gasteiger partial charge in [0.2, 0.25) is 5.91 Å². The standard InChI is InChI=1S/C36H34ClF2N3O/c37-31-15-9-28(10-16-31)34(27-5-2-1-3-6-27)7-4-8-35(43)40-21-22-41-23-25-42(26-24-41)36(29-11-17-32(38)18-12-29)30-13-19-33(39)20-14-30/h1-20,36H,21-26H2,(H,40,43). The molecule has 0 aromatic heterocycles. The lowest BCUT2D eigenvalue weighted by molar-refractivity contribution is -0.116. The van der Waals surface area contributed by atoms with Gasteiger partial charge in [0, 0.05) is 50.4 Å². The van der Waals surface area contributed by atoms with Gasteiger partial charge in [-0.2, -0.15) is 0 Å². The molecule has 1 aliphatic rings. The predicted octanol–water partition coefficient (Wildman–Crippen LogP) is 7.13. The average Bonchev–Trinajstić information content (AvgIpc) is 3.03. The number of carbonyl (C=O) groups excluding carboxylic acids is 1. The van der Waals surface area contributed by atoms with Gasteiger partial charge in [0.05, 0.1) is 6.04 Å². The third-order valence-electron chi connectivity index (χ3n) is 7.62. The molecule has 0 radical (unpaired) electrons. The van der Waals surface area contributed by atoms with Crippen molar-refractivity contribution in [2.45, 2.75) is 6.04 Å². The molecule has 0 saturated carbocycles. The molecule has 7 heteroatoms. The van der Waals surface area contributed by atoms with Crippen molar-refractivity contribution >= 4 is 23.1 Å². The van der Waals surface area contributed by atoms with E-state index in [1.807, 2.05) is 60.7 Å². The van der Waals surface area contributed by atoms with Gasteiger partial charge in [-0.25, -0.2) is 8.78 Å². The van der Waals surface area contributed by atoms with Gasteiger partial charge in [0.1, 0.15) is 11.6 Å². The SMILES string of the molecule is O=C(C=CC=C(c1ccccc1)c1ccc(Cl)cc1)NCCN1CCN(C(c2ccc(F)cc2)c2ccc(F)cc2)CC1. The van der Waals surface area contributed by atoms with Crippen molar-refractivity contribution in [3.8, 4) is 0 Å². The van der Waals surface area contributed by atoms with Crippen LogP contribution in [0.4, 0.5) is 8.78 Å². The van der Waals surface area contributed by atoms with Gasteiger partial charge in [-0.15, -0.1) is 0 Å². The van der Waals surface area contributed by atoms with Crippen LogP contribution in [0.3, 0.4) is 0 Å². The minimum absolute atomic E-state index is 0.0881. The van der Waals surface area contributed by atoms with E-state index in [2.05, 4.69) is 15.1 Å². The number of nitrogens with one attached hydrogen (secondary N) is 1. The van der Waals surface area contributed by atoms with Crippen LogP contribution >= 0.6 is 11.6 Å². The van der Waals surface area contributed by atoms with Crippen molar-refractivity contribution in [1.29, 1.82) is 0 Å². The highest BCUT2D eigenvalue weighted by molar-refractivity contribution is 6.30. The number of benzene rings is 4. The number of hydrogen-bond donors (Lipinski definition) is 1. The summed E-state index contributed by atoms with van der Waals surface area (Å²) in [6.45, 7) is 4.52. The van der Waals surface area contributed by atoms with Crippen molar-refractivity contribution in [3.63, 3.8) is 0 Å². The van der Waals surface area contributed by atoms with Crippen molar-refractivity contribution in [1.82, 2.24) is 15.1 Å². The summed E-state index contributed by atoms with van der Waals surface area (Å²) in [6.07, 6.45) is 5.26. The number of nitrogens with zero attached hydrogens (tertiary/aromatic N) is 2. The zero-order valence-corrected chi connectivity index (χ0v) is 24.6. The van der Waals surface area contributed by atoms with E-state index in [4.69, 9.17) is 11.6 Å². The maximum atomic E-state index is 13.6. The fourth-order valence-corrected chi connectivity index (χ4v) is 5.51. The summed E-state index contributed by atoms with van der Waals surface area (Å²) >= 11 is 6.08. The second-order valence-corrected chi connectivity index (χ2v) is 10.9. The molecule has 1 aliphatic heterocycles. The molecule has 4 aromatic carbocycles. The molecule has 1 amide bonds. The molecule has 43 heavy (non-hydrogen) atoms. The maximum Gasteiger partial charge on any atom is 0.244 e. The Morgan fingerprint density at radius 3 is 1.91 bits per heavy atom. The Labute approximate surface area is 256 Å². The molecule has 1 saturated heterocycles. The smallest absolute Gasteiger partial charge is 0.244 e.